The van der Waals surface area contributed by atoms with Crippen molar-refractivity contribution in [3.63, 3.8) is 0 Å². The Bertz CT molecular complexity index is 2070. The number of sulfonamides is 1. The highest BCUT2D eigenvalue weighted by molar-refractivity contribution is 7.91. The van der Waals surface area contributed by atoms with Crippen LogP contribution in [0.4, 0.5) is 0 Å². The number of aryl methyl sites for hydroxylation is 1. The molecule has 13 heteroatoms. The molecule has 7 rings (SSSR count). The van der Waals surface area contributed by atoms with Gasteiger partial charge in [-0.05, 0) is 62.6 Å². The molecular weight excluding hydrogens is 719 g/mol. The van der Waals surface area contributed by atoms with E-state index in [-0.39, 0.29) is 25.3 Å². The number of pyridine rings is 1. The maximum atomic E-state index is 14.5. The van der Waals surface area contributed by atoms with Crippen LogP contribution in [0.2, 0.25) is 0 Å². The summed E-state index contributed by atoms with van der Waals surface area (Å²) >= 11 is 0. The van der Waals surface area contributed by atoms with Gasteiger partial charge in [0.25, 0.3) is 5.91 Å². The monoisotopic (exact) mass is 769 g/mol. The Kier molecular flexibility index (Phi) is 11.3. The molecule has 4 bridgehead atoms. The number of benzene rings is 2. The van der Waals surface area contributed by atoms with Crippen molar-refractivity contribution in [1.29, 1.82) is 0 Å². The fourth-order valence-electron chi connectivity index (χ4n) is 7.93. The zero-order valence-electron chi connectivity index (χ0n) is 31.4. The second-order valence-electron chi connectivity index (χ2n) is 15.6. The molecule has 292 valence electrons. The first-order chi connectivity index (χ1) is 26.5. The number of rotatable bonds is 10. The highest BCUT2D eigenvalue weighted by Crippen LogP contribution is 2.45. The van der Waals surface area contributed by atoms with Crippen LogP contribution in [0, 0.1) is 5.92 Å². The van der Waals surface area contributed by atoms with Crippen LogP contribution < -0.4 is 20.1 Å². The highest BCUT2D eigenvalue weighted by atomic mass is 32.2. The van der Waals surface area contributed by atoms with Gasteiger partial charge in [0.1, 0.15) is 29.5 Å². The van der Waals surface area contributed by atoms with Crippen molar-refractivity contribution in [3.8, 4) is 17.0 Å². The Hall–Kier alpha value is -4.78. The summed E-state index contributed by atoms with van der Waals surface area (Å²) in [4.78, 5) is 62.2. The second kappa shape index (κ2) is 16.1. The van der Waals surface area contributed by atoms with Crippen LogP contribution in [-0.4, -0.2) is 77.5 Å². The summed E-state index contributed by atoms with van der Waals surface area (Å²) in [6.07, 6.45) is 8.69. The molecule has 3 heterocycles. The van der Waals surface area contributed by atoms with Gasteiger partial charge in [0, 0.05) is 35.8 Å². The molecule has 2 aliphatic carbocycles. The van der Waals surface area contributed by atoms with Crippen molar-refractivity contribution >= 4 is 44.6 Å². The summed E-state index contributed by atoms with van der Waals surface area (Å²) in [6, 6.07) is 16.0. The number of ether oxygens (including phenoxy) is 1. The average molecular weight is 770 g/mol. The molecule has 0 unspecified atom stereocenters. The van der Waals surface area contributed by atoms with Crippen molar-refractivity contribution in [3.05, 3.63) is 72.8 Å². The molecule has 2 aromatic carbocycles. The first-order valence-electron chi connectivity index (χ1n) is 19.8. The molecule has 5 atom stereocenters. The summed E-state index contributed by atoms with van der Waals surface area (Å²) < 4.78 is 34.5. The molecule has 1 saturated heterocycles. The molecule has 0 radical (unpaired) electrons. The van der Waals surface area contributed by atoms with Crippen molar-refractivity contribution in [2.75, 3.05) is 6.54 Å². The lowest BCUT2D eigenvalue weighted by molar-refractivity contribution is -0.142. The molecule has 2 aliphatic heterocycles. The Morgan fingerprint density at radius 2 is 1.82 bits per heavy atom. The highest BCUT2D eigenvalue weighted by Gasteiger charge is 2.62. The summed E-state index contributed by atoms with van der Waals surface area (Å²) in [5.74, 6) is -1.91. The van der Waals surface area contributed by atoms with Gasteiger partial charge in [0.05, 0.1) is 23.0 Å². The van der Waals surface area contributed by atoms with E-state index in [9.17, 15) is 27.6 Å². The van der Waals surface area contributed by atoms with Gasteiger partial charge in [-0.1, -0.05) is 75.1 Å². The SMILES string of the molecule is C=C[C@@H]1C[C@]1(NC(=O)[C@@H]1C[C@@H]2CN1C(=O)[C@H](CCCC)NC(=O)CCCCCCc1ccc3nc(-c4ccccc4)cc(c3c1)O2)C(=O)NS(=O)(=O)C1CC1. The minimum absolute atomic E-state index is 0.0553. The Morgan fingerprint density at radius 3 is 2.53 bits per heavy atom. The van der Waals surface area contributed by atoms with Crippen molar-refractivity contribution < 1.29 is 32.3 Å². The molecule has 12 nitrogen and oxygen atoms in total. The first-order valence-corrected chi connectivity index (χ1v) is 21.3. The molecule has 4 amide bonds. The number of fused-ring (bicyclic) bond motifs is 3. The van der Waals surface area contributed by atoms with Gasteiger partial charge in [-0.15, -0.1) is 6.58 Å². The molecule has 1 aromatic heterocycles. The van der Waals surface area contributed by atoms with Crippen LogP contribution in [0.1, 0.15) is 89.5 Å². The molecule has 0 spiro atoms. The predicted octanol–water partition coefficient (Wildman–Crippen LogP) is 5.10. The van der Waals surface area contributed by atoms with Crippen LogP contribution in [-0.2, 0) is 35.6 Å². The predicted molar refractivity (Wildman–Crippen MR) is 209 cm³/mol. The van der Waals surface area contributed by atoms with E-state index in [0.29, 0.717) is 44.3 Å². The summed E-state index contributed by atoms with van der Waals surface area (Å²) in [5.41, 5.74) is 2.02. The van der Waals surface area contributed by atoms with Gasteiger partial charge >= 0.3 is 0 Å². The lowest BCUT2D eigenvalue weighted by atomic mass is 10.0. The number of carbonyl (C=O) groups excluding carboxylic acids is 4. The fraction of sp³-hybridized carbons (Fsp3) is 0.500. The maximum absolute atomic E-state index is 14.5. The Morgan fingerprint density at radius 1 is 1.05 bits per heavy atom. The Labute approximate surface area is 322 Å². The van der Waals surface area contributed by atoms with Gasteiger partial charge in [-0.2, -0.15) is 0 Å². The minimum Gasteiger partial charge on any atom is -0.488 e. The van der Waals surface area contributed by atoms with Crippen LogP contribution in [0.25, 0.3) is 22.2 Å². The number of nitrogens with one attached hydrogen (secondary N) is 3. The molecule has 2 saturated carbocycles. The average Bonchev–Trinajstić information content (AvgIpc) is 4.11. The molecule has 4 aliphatic rings. The molecule has 3 aromatic rings. The number of hydrogen-bond acceptors (Lipinski definition) is 8. The van der Waals surface area contributed by atoms with Crippen LogP contribution in [0.15, 0.2) is 67.3 Å². The van der Waals surface area contributed by atoms with Crippen molar-refractivity contribution in [2.24, 2.45) is 5.92 Å². The van der Waals surface area contributed by atoms with Crippen LogP contribution in [0.3, 0.4) is 0 Å². The number of nitrogens with zero attached hydrogens (tertiary/aromatic N) is 2. The Balaban J connectivity index is 1.24. The van der Waals surface area contributed by atoms with Gasteiger partial charge in [-0.25, -0.2) is 13.4 Å². The van der Waals surface area contributed by atoms with E-state index in [1.807, 2.05) is 49.4 Å². The number of hydrogen-bond donors (Lipinski definition) is 3. The normalized spacial score (nSPS) is 26.0. The summed E-state index contributed by atoms with van der Waals surface area (Å²) in [6.45, 7) is 5.88. The topological polar surface area (TPSA) is 164 Å². The fourth-order valence-corrected chi connectivity index (χ4v) is 9.29. The quantitative estimate of drug-likeness (QED) is 0.240. The molecular formula is C42H51N5O7S. The van der Waals surface area contributed by atoms with Gasteiger partial charge in [0.15, 0.2) is 0 Å². The van der Waals surface area contributed by atoms with Gasteiger partial charge < -0.3 is 20.3 Å². The van der Waals surface area contributed by atoms with Crippen molar-refractivity contribution in [1.82, 2.24) is 25.2 Å². The maximum Gasteiger partial charge on any atom is 0.259 e. The van der Waals surface area contributed by atoms with Crippen LogP contribution in [0.5, 0.6) is 5.75 Å². The van der Waals surface area contributed by atoms with E-state index in [1.165, 1.54) is 11.0 Å². The molecule has 55 heavy (non-hydrogen) atoms. The summed E-state index contributed by atoms with van der Waals surface area (Å²) in [5, 5.41) is 6.05. The smallest absolute Gasteiger partial charge is 0.259 e. The third-order valence-corrected chi connectivity index (χ3v) is 13.2. The molecule has 3 fully saturated rings. The van der Waals surface area contributed by atoms with E-state index in [2.05, 4.69) is 34.1 Å². The summed E-state index contributed by atoms with van der Waals surface area (Å²) in [7, 11) is -3.88. The van der Waals surface area contributed by atoms with E-state index >= 15 is 0 Å². The van der Waals surface area contributed by atoms with Gasteiger partial charge in [-0.3, -0.25) is 23.9 Å². The van der Waals surface area contributed by atoms with Crippen molar-refractivity contribution in [2.45, 2.75) is 119 Å². The number of unbranched alkanes of at least 4 members (excludes halogenated alkanes) is 1. The zero-order valence-corrected chi connectivity index (χ0v) is 32.2. The largest absolute Gasteiger partial charge is 0.488 e. The van der Waals surface area contributed by atoms with E-state index in [1.54, 1.807) is 0 Å². The standard InChI is InChI=1S/C42H51N5O7S/c1-3-5-16-34-40(50)47-26-30(23-36(47)39(49)45-42(25-29(42)4-2)41(51)46-55(52,53)31-19-20-31)54-37-24-35(28-14-10-8-11-15-28)43-33-21-18-27(22-32(33)37)13-9-6-7-12-17-38(48)44-34/h4,8,10-11,14-15,18,21-22,24,29-31,34,36H,2-3,5-7,9,12-13,16-17,19-20,23,25-26H2,1H3,(H,44,48)(H,45,49)(H,46,51)/t29-,30-,34+,36+,42-/m1/s1. The van der Waals surface area contributed by atoms with Gasteiger partial charge in [0.2, 0.25) is 27.7 Å². The minimum atomic E-state index is -3.88. The van der Waals surface area contributed by atoms with E-state index in [4.69, 9.17) is 9.72 Å². The number of amides is 4. The number of carbonyl (C=O) groups is 4. The zero-order chi connectivity index (χ0) is 38.7. The lowest BCUT2D eigenvalue weighted by Gasteiger charge is -2.30. The second-order valence-corrected chi connectivity index (χ2v) is 17.5. The third-order valence-electron chi connectivity index (χ3n) is 11.4. The van der Waals surface area contributed by atoms with Crippen LogP contribution >= 0.6 is 0 Å². The van der Waals surface area contributed by atoms with E-state index < -0.39 is 62.6 Å². The lowest BCUT2D eigenvalue weighted by Crippen LogP contribution is -2.58. The third kappa shape index (κ3) is 8.56. The first kappa shape index (κ1) is 38.5. The van der Waals surface area contributed by atoms with E-state index in [0.717, 1.165) is 59.8 Å². The number of aromatic nitrogens is 1. The molecule has 3 N–H and O–H groups in total.